The molecule has 0 fully saturated rings. The minimum atomic E-state index is -0.700. The summed E-state index contributed by atoms with van der Waals surface area (Å²) >= 11 is 0. The van der Waals surface area contributed by atoms with Crippen molar-refractivity contribution in [1.82, 2.24) is 0 Å². The van der Waals surface area contributed by atoms with Gasteiger partial charge in [0, 0.05) is 11.6 Å². The van der Waals surface area contributed by atoms with E-state index >= 15 is 0 Å². The van der Waals surface area contributed by atoms with Crippen LogP contribution in [0.3, 0.4) is 0 Å². The summed E-state index contributed by atoms with van der Waals surface area (Å²) in [5.74, 6) is -1.12. The van der Waals surface area contributed by atoms with Gasteiger partial charge >= 0.3 is 5.97 Å². The quantitative estimate of drug-likeness (QED) is 0.736. The van der Waals surface area contributed by atoms with Crippen molar-refractivity contribution in [3.63, 3.8) is 0 Å². The molecule has 98 valence electrons. The van der Waals surface area contributed by atoms with Crippen LogP contribution in [-0.2, 0) is 11.3 Å². The molecule has 0 saturated carbocycles. The Morgan fingerprint density at radius 2 is 1.63 bits per heavy atom. The number of hydrogen-bond acceptors (Lipinski definition) is 5. The fourth-order valence-electron chi connectivity index (χ4n) is 1.57. The summed E-state index contributed by atoms with van der Waals surface area (Å²) in [5.41, 5.74) is 0.508. The fourth-order valence-corrected chi connectivity index (χ4v) is 1.57. The number of ether oxygens (including phenoxy) is 1. The third kappa shape index (κ3) is 3.16. The number of esters is 1. The van der Waals surface area contributed by atoms with E-state index in [0.717, 1.165) is 6.07 Å². The maximum atomic E-state index is 11.7. The van der Waals surface area contributed by atoms with Crippen LogP contribution >= 0.6 is 0 Å². The lowest BCUT2D eigenvalue weighted by atomic mass is 10.2. The van der Waals surface area contributed by atoms with Crippen molar-refractivity contribution < 1.29 is 24.9 Å². The largest absolute Gasteiger partial charge is 0.508 e. The average Bonchev–Trinajstić information content (AvgIpc) is 2.36. The predicted molar refractivity (Wildman–Crippen MR) is 67.0 cm³/mol. The van der Waals surface area contributed by atoms with Gasteiger partial charge in [-0.15, -0.1) is 0 Å². The Morgan fingerprint density at radius 3 is 2.26 bits per heavy atom. The molecule has 2 aromatic rings. The van der Waals surface area contributed by atoms with Crippen molar-refractivity contribution in [3.05, 3.63) is 53.6 Å². The standard InChI is InChI=1S/C14H12O5/c15-11-5-10(6-12(16)7-11)14(18)19-8-9-3-1-2-4-13(9)17/h1-7,15-17H,8H2. The SMILES string of the molecule is O=C(OCc1ccccc1O)c1cc(O)cc(O)c1. The number of hydrogen-bond donors (Lipinski definition) is 3. The second-order valence-corrected chi connectivity index (χ2v) is 3.94. The molecular weight excluding hydrogens is 248 g/mol. The van der Waals surface area contributed by atoms with Crippen LogP contribution in [0.1, 0.15) is 15.9 Å². The van der Waals surface area contributed by atoms with Gasteiger partial charge in [0.2, 0.25) is 0 Å². The first-order valence-corrected chi connectivity index (χ1v) is 5.53. The summed E-state index contributed by atoms with van der Waals surface area (Å²) in [4.78, 5) is 11.7. The van der Waals surface area contributed by atoms with Crippen molar-refractivity contribution in [2.24, 2.45) is 0 Å². The maximum absolute atomic E-state index is 11.7. The first kappa shape index (κ1) is 12.8. The lowest BCUT2D eigenvalue weighted by Gasteiger charge is -2.07. The topological polar surface area (TPSA) is 87.0 Å². The molecular formula is C14H12O5. The van der Waals surface area contributed by atoms with Crippen LogP contribution in [0.2, 0.25) is 0 Å². The van der Waals surface area contributed by atoms with Gasteiger partial charge in [0.05, 0.1) is 5.56 Å². The van der Waals surface area contributed by atoms with Gasteiger partial charge < -0.3 is 20.1 Å². The van der Waals surface area contributed by atoms with Crippen molar-refractivity contribution in [2.45, 2.75) is 6.61 Å². The van der Waals surface area contributed by atoms with Gasteiger partial charge in [-0.05, 0) is 18.2 Å². The third-order valence-corrected chi connectivity index (χ3v) is 2.49. The van der Waals surface area contributed by atoms with Gasteiger partial charge in [0.1, 0.15) is 23.9 Å². The lowest BCUT2D eigenvalue weighted by molar-refractivity contribution is 0.0469. The van der Waals surface area contributed by atoms with E-state index in [4.69, 9.17) is 4.74 Å². The molecule has 0 aliphatic carbocycles. The number of benzene rings is 2. The maximum Gasteiger partial charge on any atom is 0.338 e. The highest BCUT2D eigenvalue weighted by atomic mass is 16.5. The number of carbonyl (C=O) groups is 1. The molecule has 0 spiro atoms. The highest BCUT2D eigenvalue weighted by Crippen LogP contribution is 2.22. The van der Waals surface area contributed by atoms with E-state index in [9.17, 15) is 20.1 Å². The highest BCUT2D eigenvalue weighted by Gasteiger charge is 2.11. The van der Waals surface area contributed by atoms with Crippen LogP contribution in [0.25, 0.3) is 0 Å². The molecule has 2 aromatic carbocycles. The van der Waals surface area contributed by atoms with E-state index in [1.807, 2.05) is 0 Å². The number of phenols is 3. The van der Waals surface area contributed by atoms with Gasteiger partial charge in [-0.2, -0.15) is 0 Å². The molecule has 2 rings (SSSR count). The average molecular weight is 260 g/mol. The Balaban J connectivity index is 2.08. The number of para-hydroxylation sites is 1. The number of carbonyl (C=O) groups excluding carboxylic acids is 1. The van der Waals surface area contributed by atoms with E-state index in [0.29, 0.717) is 5.56 Å². The normalized spacial score (nSPS) is 10.1. The summed E-state index contributed by atoms with van der Waals surface area (Å²) in [6.45, 7) is -0.0953. The summed E-state index contributed by atoms with van der Waals surface area (Å²) in [6, 6.07) is 9.97. The van der Waals surface area contributed by atoms with Gasteiger partial charge in [-0.25, -0.2) is 4.79 Å². The Bertz CT molecular complexity index is 586. The van der Waals surface area contributed by atoms with Crippen molar-refractivity contribution in [3.8, 4) is 17.2 Å². The third-order valence-electron chi connectivity index (χ3n) is 2.49. The van der Waals surface area contributed by atoms with E-state index in [-0.39, 0.29) is 29.4 Å². The lowest BCUT2D eigenvalue weighted by Crippen LogP contribution is -2.05. The zero-order valence-electron chi connectivity index (χ0n) is 9.91. The molecule has 0 aromatic heterocycles. The van der Waals surface area contributed by atoms with Gasteiger partial charge in [-0.1, -0.05) is 18.2 Å². The van der Waals surface area contributed by atoms with Crippen molar-refractivity contribution >= 4 is 5.97 Å². The zero-order chi connectivity index (χ0) is 13.8. The second-order valence-electron chi connectivity index (χ2n) is 3.94. The predicted octanol–water partition coefficient (Wildman–Crippen LogP) is 2.16. The van der Waals surface area contributed by atoms with Gasteiger partial charge in [0.25, 0.3) is 0 Å². The van der Waals surface area contributed by atoms with Crippen LogP contribution in [-0.4, -0.2) is 21.3 Å². The smallest absolute Gasteiger partial charge is 0.338 e. The molecule has 0 unspecified atom stereocenters. The number of aromatic hydroxyl groups is 3. The molecule has 0 saturated heterocycles. The Hall–Kier alpha value is -2.69. The summed E-state index contributed by atoms with van der Waals surface area (Å²) < 4.78 is 4.98. The molecule has 0 atom stereocenters. The number of rotatable bonds is 3. The van der Waals surface area contributed by atoms with Crippen molar-refractivity contribution in [1.29, 1.82) is 0 Å². The summed E-state index contributed by atoms with van der Waals surface area (Å²) in [7, 11) is 0. The molecule has 0 bridgehead atoms. The van der Waals surface area contributed by atoms with Crippen LogP contribution < -0.4 is 0 Å². The van der Waals surface area contributed by atoms with Crippen LogP contribution in [0.4, 0.5) is 0 Å². The van der Waals surface area contributed by atoms with E-state index in [1.54, 1.807) is 18.2 Å². The molecule has 0 heterocycles. The van der Waals surface area contributed by atoms with Crippen molar-refractivity contribution in [2.75, 3.05) is 0 Å². The molecule has 0 aliphatic rings. The molecule has 3 N–H and O–H groups in total. The van der Waals surface area contributed by atoms with Crippen LogP contribution in [0.5, 0.6) is 17.2 Å². The molecule has 0 amide bonds. The minimum absolute atomic E-state index is 0.0351. The minimum Gasteiger partial charge on any atom is -0.508 e. The molecule has 5 heteroatoms. The van der Waals surface area contributed by atoms with E-state index < -0.39 is 5.97 Å². The van der Waals surface area contributed by atoms with E-state index in [2.05, 4.69) is 0 Å². The second kappa shape index (κ2) is 5.30. The Kier molecular flexibility index (Phi) is 3.56. The summed E-state index contributed by atoms with van der Waals surface area (Å²) in [6.07, 6.45) is 0. The first-order chi connectivity index (χ1) is 9.06. The highest BCUT2D eigenvalue weighted by molar-refractivity contribution is 5.90. The Morgan fingerprint density at radius 1 is 1.00 bits per heavy atom. The van der Waals surface area contributed by atoms with E-state index in [1.165, 1.54) is 18.2 Å². The molecule has 5 nitrogen and oxygen atoms in total. The summed E-state index contributed by atoms with van der Waals surface area (Å²) in [5, 5.41) is 28.0. The Labute approximate surface area is 109 Å². The zero-order valence-corrected chi connectivity index (χ0v) is 9.91. The monoisotopic (exact) mass is 260 g/mol. The van der Waals surface area contributed by atoms with Crippen LogP contribution in [0, 0.1) is 0 Å². The number of phenolic OH excluding ortho intramolecular Hbond substituents is 3. The fraction of sp³-hybridized carbons (Fsp3) is 0.0714. The van der Waals surface area contributed by atoms with Gasteiger partial charge in [-0.3, -0.25) is 0 Å². The molecule has 0 aliphatic heterocycles. The molecule has 0 radical (unpaired) electrons. The molecule has 19 heavy (non-hydrogen) atoms. The first-order valence-electron chi connectivity index (χ1n) is 5.53. The van der Waals surface area contributed by atoms with Crippen LogP contribution in [0.15, 0.2) is 42.5 Å². The van der Waals surface area contributed by atoms with Gasteiger partial charge in [0.15, 0.2) is 0 Å².